The third kappa shape index (κ3) is 6.57. The first-order valence-corrected chi connectivity index (χ1v) is 6.94. The molecule has 0 radical (unpaired) electrons. The van der Waals surface area contributed by atoms with Gasteiger partial charge in [-0.15, -0.1) is 0 Å². The first-order chi connectivity index (χ1) is 9.15. The van der Waals surface area contributed by atoms with Crippen molar-refractivity contribution in [3.05, 3.63) is 0 Å². The van der Waals surface area contributed by atoms with Crippen LogP contribution in [0.3, 0.4) is 0 Å². The van der Waals surface area contributed by atoms with Crippen molar-refractivity contribution in [2.24, 2.45) is 0 Å². The Morgan fingerprint density at radius 3 is 1.74 bits per heavy atom. The largest absolute Gasteiger partial charge is 0.469 e. The van der Waals surface area contributed by atoms with Crippen LogP contribution in [0.2, 0.25) is 0 Å². The Morgan fingerprint density at radius 2 is 1.37 bits per heavy atom. The molecule has 0 saturated carbocycles. The van der Waals surface area contributed by atoms with E-state index in [0.29, 0.717) is 12.8 Å². The van der Waals surface area contributed by atoms with Crippen molar-refractivity contribution in [1.29, 1.82) is 0 Å². The fourth-order valence-corrected chi connectivity index (χ4v) is 2.36. The van der Waals surface area contributed by atoms with Gasteiger partial charge < -0.3 is 14.2 Å². The van der Waals surface area contributed by atoms with Crippen LogP contribution in [-0.2, 0) is 23.8 Å². The number of ether oxygens (including phenoxy) is 3. The summed E-state index contributed by atoms with van der Waals surface area (Å²) in [5.41, 5.74) is 0. The van der Waals surface area contributed by atoms with Crippen molar-refractivity contribution in [2.75, 3.05) is 14.2 Å². The highest BCUT2D eigenvalue weighted by atomic mass is 16.5. The molecular formula is C14H24O5. The van der Waals surface area contributed by atoms with Gasteiger partial charge in [-0.1, -0.05) is 0 Å². The van der Waals surface area contributed by atoms with Gasteiger partial charge in [0.05, 0.1) is 26.4 Å². The summed E-state index contributed by atoms with van der Waals surface area (Å²) in [7, 11) is 2.82. The number of hydrogen-bond acceptors (Lipinski definition) is 5. The fraction of sp³-hybridized carbons (Fsp3) is 0.857. The number of carbonyl (C=O) groups is 2. The minimum Gasteiger partial charge on any atom is -0.469 e. The summed E-state index contributed by atoms with van der Waals surface area (Å²) in [6.07, 6.45) is 6.96. The van der Waals surface area contributed by atoms with E-state index in [4.69, 9.17) is 4.74 Å². The molecule has 1 saturated heterocycles. The SMILES string of the molecule is COC(=O)CCC[C@@H]1CC[C@H](CCCC(=O)OC)O1. The summed E-state index contributed by atoms with van der Waals surface area (Å²) in [5, 5.41) is 0. The molecule has 0 aromatic carbocycles. The Hall–Kier alpha value is -1.10. The Balaban J connectivity index is 2.06. The number of hydrogen-bond donors (Lipinski definition) is 0. The van der Waals surface area contributed by atoms with Gasteiger partial charge >= 0.3 is 11.9 Å². The van der Waals surface area contributed by atoms with Crippen molar-refractivity contribution in [1.82, 2.24) is 0 Å². The topological polar surface area (TPSA) is 61.8 Å². The van der Waals surface area contributed by atoms with Crippen LogP contribution in [0.1, 0.15) is 51.4 Å². The van der Waals surface area contributed by atoms with Gasteiger partial charge in [-0.3, -0.25) is 9.59 Å². The third-order valence-corrected chi connectivity index (χ3v) is 3.46. The number of esters is 2. The number of rotatable bonds is 8. The molecule has 1 rings (SSSR count). The molecular weight excluding hydrogens is 248 g/mol. The van der Waals surface area contributed by atoms with E-state index in [2.05, 4.69) is 9.47 Å². The van der Waals surface area contributed by atoms with Crippen molar-refractivity contribution in [2.45, 2.75) is 63.6 Å². The molecule has 0 amide bonds. The average molecular weight is 272 g/mol. The van der Waals surface area contributed by atoms with E-state index >= 15 is 0 Å². The molecule has 0 aliphatic carbocycles. The predicted octanol–water partition coefficient (Wildman–Crippen LogP) is 2.22. The zero-order valence-corrected chi connectivity index (χ0v) is 11.9. The van der Waals surface area contributed by atoms with Crippen molar-refractivity contribution < 1.29 is 23.8 Å². The smallest absolute Gasteiger partial charge is 0.305 e. The van der Waals surface area contributed by atoms with E-state index in [1.807, 2.05) is 0 Å². The van der Waals surface area contributed by atoms with Crippen LogP contribution >= 0.6 is 0 Å². The van der Waals surface area contributed by atoms with E-state index in [1.54, 1.807) is 0 Å². The highest BCUT2D eigenvalue weighted by Crippen LogP contribution is 2.26. The highest BCUT2D eigenvalue weighted by Gasteiger charge is 2.24. The van der Waals surface area contributed by atoms with Gasteiger partial charge in [-0.2, -0.15) is 0 Å². The van der Waals surface area contributed by atoms with Gasteiger partial charge in [-0.25, -0.2) is 0 Å². The van der Waals surface area contributed by atoms with Gasteiger partial charge in [0.15, 0.2) is 0 Å². The number of carbonyl (C=O) groups excluding carboxylic acids is 2. The molecule has 19 heavy (non-hydrogen) atoms. The maximum absolute atomic E-state index is 11.0. The molecule has 0 N–H and O–H groups in total. The van der Waals surface area contributed by atoms with Gasteiger partial charge in [0.2, 0.25) is 0 Å². The molecule has 1 aliphatic rings. The maximum Gasteiger partial charge on any atom is 0.305 e. The Labute approximate surface area is 114 Å². The highest BCUT2D eigenvalue weighted by molar-refractivity contribution is 5.69. The average Bonchev–Trinajstić information content (AvgIpc) is 2.86. The molecule has 0 aromatic rings. The molecule has 0 unspecified atom stereocenters. The molecule has 2 atom stereocenters. The molecule has 1 heterocycles. The molecule has 110 valence electrons. The predicted molar refractivity (Wildman–Crippen MR) is 69.6 cm³/mol. The zero-order valence-electron chi connectivity index (χ0n) is 11.9. The van der Waals surface area contributed by atoms with Crippen LogP contribution in [0.4, 0.5) is 0 Å². The van der Waals surface area contributed by atoms with Crippen LogP contribution < -0.4 is 0 Å². The Morgan fingerprint density at radius 1 is 0.947 bits per heavy atom. The zero-order chi connectivity index (χ0) is 14.1. The minimum absolute atomic E-state index is 0.160. The molecule has 1 aliphatic heterocycles. The second-order valence-electron chi connectivity index (χ2n) is 4.89. The lowest BCUT2D eigenvalue weighted by Gasteiger charge is -2.13. The van der Waals surface area contributed by atoms with Crippen molar-refractivity contribution in [3.63, 3.8) is 0 Å². The normalized spacial score (nSPS) is 22.2. The van der Waals surface area contributed by atoms with Crippen molar-refractivity contribution >= 4 is 11.9 Å². The second-order valence-corrected chi connectivity index (χ2v) is 4.89. The van der Waals surface area contributed by atoms with E-state index < -0.39 is 0 Å². The molecule has 5 nitrogen and oxygen atoms in total. The summed E-state index contributed by atoms with van der Waals surface area (Å²) in [4.78, 5) is 22.0. The number of methoxy groups -OCH3 is 2. The maximum atomic E-state index is 11.0. The van der Waals surface area contributed by atoms with Crippen LogP contribution in [-0.4, -0.2) is 38.4 Å². The monoisotopic (exact) mass is 272 g/mol. The van der Waals surface area contributed by atoms with Gasteiger partial charge in [0.1, 0.15) is 0 Å². The lowest BCUT2D eigenvalue weighted by atomic mass is 10.1. The van der Waals surface area contributed by atoms with Crippen LogP contribution in [0.25, 0.3) is 0 Å². The molecule has 0 bridgehead atoms. The van der Waals surface area contributed by atoms with Gasteiger partial charge in [0, 0.05) is 12.8 Å². The van der Waals surface area contributed by atoms with Crippen LogP contribution in [0.15, 0.2) is 0 Å². The van der Waals surface area contributed by atoms with Crippen molar-refractivity contribution in [3.8, 4) is 0 Å². The van der Waals surface area contributed by atoms with Gasteiger partial charge in [-0.05, 0) is 38.5 Å². The lowest BCUT2D eigenvalue weighted by molar-refractivity contribution is -0.141. The van der Waals surface area contributed by atoms with Crippen LogP contribution in [0, 0.1) is 0 Å². The quantitative estimate of drug-likeness (QED) is 0.634. The lowest BCUT2D eigenvalue weighted by Crippen LogP contribution is -2.12. The Bertz CT molecular complexity index is 262. The van der Waals surface area contributed by atoms with E-state index in [9.17, 15) is 9.59 Å². The van der Waals surface area contributed by atoms with E-state index in [-0.39, 0.29) is 24.1 Å². The molecule has 0 spiro atoms. The molecule has 1 fully saturated rings. The second kappa shape index (κ2) is 8.91. The first-order valence-electron chi connectivity index (χ1n) is 6.94. The molecule has 0 aromatic heterocycles. The summed E-state index contributed by atoms with van der Waals surface area (Å²) in [5.74, 6) is -0.319. The van der Waals surface area contributed by atoms with E-state index in [0.717, 1.165) is 38.5 Å². The Kier molecular flexibility index (Phi) is 7.48. The first kappa shape index (κ1) is 16.0. The van der Waals surface area contributed by atoms with Gasteiger partial charge in [0.25, 0.3) is 0 Å². The fourth-order valence-electron chi connectivity index (χ4n) is 2.36. The summed E-state index contributed by atoms with van der Waals surface area (Å²) < 4.78 is 15.1. The van der Waals surface area contributed by atoms with Crippen LogP contribution in [0.5, 0.6) is 0 Å². The molecule has 5 heteroatoms. The summed E-state index contributed by atoms with van der Waals surface area (Å²) in [6, 6.07) is 0. The van der Waals surface area contributed by atoms with E-state index in [1.165, 1.54) is 14.2 Å². The third-order valence-electron chi connectivity index (χ3n) is 3.46. The standard InChI is InChI=1S/C14H24O5/c1-17-13(15)7-3-5-11-9-10-12(19-11)6-4-8-14(16)18-2/h11-12H,3-10H2,1-2H3/t11-,12+. The summed E-state index contributed by atoms with van der Waals surface area (Å²) in [6.45, 7) is 0. The minimum atomic E-state index is -0.160. The summed E-state index contributed by atoms with van der Waals surface area (Å²) >= 11 is 0.